The first-order chi connectivity index (χ1) is 12.4. The second-order valence-electron chi connectivity index (χ2n) is 4.74. The van der Waals surface area contributed by atoms with E-state index in [-0.39, 0.29) is 27.4 Å². The molecular weight excluding hydrogens is 389 g/mol. The van der Waals surface area contributed by atoms with E-state index in [9.17, 15) is 18.0 Å². The highest BCUT2D eigenvalue weighted by molar-refractivity contribution is 7.99. The van der Waals surface area contributed by atoms with Crippen LogP contribution in [-0.4, -0.2) is 37.0 Å². The van der Waals surface area contributed by atoms with Crippen LogP contribution in [0.25, 0.3) is 11.3 Å². The summed E-state index contributed by atoms with van der Waals surface area (Å²) < 4.78 is 37.3. The van der Waals surface area contributed by atoms with Crippen LogP contribution in [0.2, 0.25) is 0 Å². The molecule has 0 aliphatic carbocycles. The average Bonchev–Trinajstić information content (AvgIpc) is 3.10. The van der Waals surface area contributed by atoms with Gasteiger partial charge in [0.15, 0.2) is 0 Å². The summed E-state index contributed by atoms with van der Waals surface area (Å²) in [6, 6.07) is 9.33. The number of nitrogens with zero attached hydrogens (tertiary/aromatic N) is 5. The lowest BCUT2D eigenvalue weighted by Gasteiger charge is -2.02. The number of amides is 1. The summed E-state index contributed by atoms with van der Waals surface area (Å²) in [6.07, 6.45) is -3.06. The van der Waals surface area contributed by atoms with Crippen LogP contribution in [0, 0.1) is 0 Å². The van der Waals surface area contributed by atoms with Crippen molar-refractivity contribution in [2.45, 2.75) is 11.3 Å². The Hall–Kier alpha value is -2.60. The molecule has 26 heavy (non-hydrogen) atoms. The summed E-state index contributed by atoms with van der Waals surface area (Å²) in [7, 11) is 0. The minimum atomic E-state index is -4.59. The van der Waals surface area contributed by atoms with Gasteiger partial charge in [-0.05, 0) is 0 Å². The molecule has 0 saturated carbocycles. The van der Waals surface area contributed by atoms with Crippen molar-refractivity contribution in [2.75, 3.05) is 11.1 Å². The standard InChI is InChI=1S/C14H9F3N6OS2/c15-14(16,17)11-21-23-13(26-11)19-10(24)7-25-12-18-6-9(20-22-12)8-4-2-1-3-5-8/h1-6H,7H2,(H,19,23,24). The van der Waals surface area contributed by atoms with Crippen molar-refractivity contribution < 1.29 is 18.0 Å². The first kappa shape index (κ1) is 18.2. The third kappa shape index (κ3) is 4.73. The monoisotopic (exact) mass is 398 g/mol. The summed E-state index contributed by atoms with van der Waals surface area (Å²) in [4.78, 5) is 15.9. The van der Waals surface area contributed by atoms with E-state index in [1.165, 1.54) is 6.20 Å². The predicted molar refractivity (Wildman–Crippen MR) is 89.5 cm³/mol. The Bertz CT molecular complexity index is 886. The first-order valence-corrected chi connectivity index (χ1v) is 8.80. The number of halogens is 3. The van der Waals surface area contributed by atoms with E-state index in [4.69, 9.17) is 0 Å². The Morgan fingerprint density at radius 3 is 2.50 bits per heavy atom. The van der Waals surface area contributed by atoms with Crippen LogP contribution in [0.1, 0.15) is 5.01 Å². The number of anilines is 1. The molecule has 7 nitrogen and oxygen atoms in total. The van der Waals surface area contributed by atoms with E-state index in [1.807, 2.05) is 30.3 Å². The molecule has 2 heterocycles. The third-order valence-corrected chi connectivity index (χ3v) is 4.59. The zero-order chi connectivity index (χ0) is 18.6. The third-order valence-electron chi connectivity index (χ3n) is 2.86. The number of rotatable bonds is 5. The molecule has 3 rings (SSSR count). The molecular formula is C14H9F3N6OS2. The number of nitrogens with one attached hydrogen (secondary N) is 1. The Morgan fingerprint density at radius 2 is 1.88 bits per heavy atom. The summed E-state index contributed by atoms with van der Waals surface area (Å²) in [5.74, 6) is -0.650. The second-order valence-corrected chi connectivity index (χ2v) is 6.66. The van der Waals surface area contributed by atoms with Crippen LogP contribution in [0.4, 0.5) is 18.3 Å². The van der Waals surface area contributed by atoms with Gasteiger partial charge in [0, 0.05) is 5.56 Å². The molecule has 3 aromatic rings. The lowest BCUT2D eigenvalue weighted by Crippen LogP contribution is -2.14. The van der Waals surface area contributed by atoms with Gasteiger partial charge in [0.25, 0.3) is 0 Å². The molecule has 12 heteroatoms. The molecule has 0 aliphatic heterocycles. The Balaban J connectivity index is 1.54. The van der Waals surface area contributed by atoms with E-state index < -0.39 is 17.1 Å². The van der Waals surface area contributed by atoms with Crippen LogP contribution in [0.5, 0.6) is 0 Å². The van der Waals surface area contributed by atoms with E-state index in [2.05, 4.69) is 30.7 Å². The van der Waals surface area contributed by atoms with Crippen molar-refractivity contribution in [3.8, 4) is 11.3 Å². The molecule has 2 aromatic heterocycles. The van der Waals surface area contributed by atoms with Crippen molar-refractivity contribution in [2.24, 2.45) is 0 Å². The molecule has 0 fully saturated rings. The average molecular weight is 398 g/mol. The molecule has 0 spiro atoms. The van der Waals surface area contributed by atoms with Gasteiger partial charge in [-0.2, -0.15) is 13.2 Å². The SMILES string of the molecule is O=C(CSc1ncc(-c2ccccc2)nn1)Nc1nnc(C(F)(F)F)s1. The number of aromatic nitrogens is 5. The molecule has 1 aromatic carbocycles. The summed E-state index contributed by atoms with van der Waals surface area (Å²) in [5, 5.41) is 15.4. The zero-order valence-electron chi connectivity index (χ0n) is 12.8. The number of benzene rings is 1. The molecule has 0 aliphatic rings. The summed E-state index contributed by atoms with van der Waals surface area (Å²) in [6.45, 7) is 0. The molecule has 0 unspecified atom stereocenters. The lowest BCUT2D eigenvalue weighted by molar-refractivity contribution is -0.138. The van der Waals surface area contributed by atoms with Crippen molar-refractivity contribution in [3.05, 3.63) is 41.5 Å². The van der Waals surface area contributed by atoms with E-state index in [0.717, 1.165) is 17.3 Å². The van der Waals surface area contributed by atoms with Gasteiger partial charge in [0.1, 0.15) is 5.69 Å². The minimum absolute atomic E-state index is 0.104. The smallest absolute Gasteiger partial charge is 0.300 e. The molecule has 1 amide bonds. The van der Waals surface area contributed by atoms with Gasteiger partial charge in [0.05, 0.1) is 11.9 Å². The number of carbonyl (C=O) groups excluding carboxylic acids is 1. The highest BCUT2D eigenvalue weighted by atomic mass is 32.2. The maximum absolute atomic E-state index is 12.4. The number of carbonyl (C=O) groups is 1. The van der Waals surface area contributed by atoms with Crippen molar-refractivity contribution >= 4 is 34.1 Å². The minimum Gasteiger partial charge on any atom is -0.300 e. The normalized spacial score (nSPS) is 11.3. The molecule has 0 atom stereocenters. The van der Waals surface area contributed by atoms with Gasteiger partial charge in [-0.15, -0.1) is 20.4 Å². The van der Waals surface area contributed by atoms with Gasteiger partial charge in [-0.25, -0.2) is 4.98 Å². The zero-order valence-corrected chi connectivity index (χ0v) is 14.4. The first-order valence-electron chi connectivity index (χ1n) is 7.00. The lowest BCUT2D eigenvalue weighted by atomic mass is 10.2. The molecule has 1 N–H and O–H groups in total. The number of hydrogen-bond donors (Lipinski definition) is 1. The topological polar surface area (TPSA) is 93.5 Å². The van der Waals surface area contributed by atoms with Gasteiger partial charge in [-0.1, -0.05) is 53.4 Å². The van der Waals surface area contributed by atoms with Crippen LogP contribution in [0.15, 0.2) is 41.7 Å². The van der Waals surface area contributed by atoms with Crippen molar-refractivity contribution in [1.29, 1.82) is 0 Å². The summed E-state index contributed by atoms with van der Waals surface area (Å²) >= 11 is 1.26. The largest absolute Gasteiger partial charge is 0.445 e. The Morgan fingerprint density at radius 1 is 1.12 bits per heavy atom. The van der Waals surface area contributed by atoms with E-state index >= 15 is 0 Å². The second kappa shape index (κ2) is 7.74. The fourth-order valence-corrected chi connectivity index (χ4v) is 2.93. The van der Waals surface area contributed by atoms with Gasteiger partial charge >= 0.3 is 6.18 Å². The fraction of sp³-hybridized carbons (Fsp3) is 0.143. The molecule has 134 valence electrons. The molecule has 0 saturated heterocycles. The summed E-state index contributed by atoms with van der Waals surface area (Å²) in [5.41, 5.74) is 1.45. The van der Waals surface area contributed by atoms with Crippen molar-refractivity contribution in [1.82, 2.24) is 25.4 Å². The van der Waals surface area contributed by atoms with E-state index in [1.54, 1.807) is 0 Å². The van der Waals surface area contributed by atoms with Gasteiger partial charge in [0.2, 0.25) is 21.2 Å². The Labute approximate surface area is 153 Å². The maximum atomic E-state index is 12.4. The van der Waals surface area contributed by atoms with Crippen LogP contribution >= 0.6 is 23.1 Å². The maximum Gasteiger partial charge on any atom is 0.445 e. The van der Waals surface area contributed by atoms with Gasteiger partial charge in [-0.3, -0.25) is 10.1 Å². The number of hydrogen-bond acceptors (Lipinski definition) is 8. The van der Waals surface area contributed by atoms with Crippen LogP contribution in [-0.2, 0) is 11.0 Å². The van der Waals surface area contributed by atoms with Gasteiger partial charge < -0.3 is 0 Å². The van der Waals surface area contributed by atoms with Crippen molar-refractivity contribution in [3.63, 3.8) is 0 Å². The predicted octanol–water partition coefficient (Wildman–Crippen LogP) is 3.14. The number of alkyl halides is 3. The van der Waals surface area contributed by atoms with E-state index in [0.29, 0.717) is 5.69 Å². The highest BCUT2D eigenvalue weighted by Gasteiger charge is 2.35. The molecule has 0 bridgehead atoms. The van der Waals surface area contributed by atoms with Crippen LogP contribution < -0.4 is 5.32 Å². The Kier molecular flexibility index (Phi) is 5.42. The number of thioether (sulfide) groups is 1. The highest BCUT2D eigenvalue weighted by Crippen LogP contribution is 2.33. The van der Waals surface area contributed by atoms with Crippen LogP contribution in [0.3, 0.4) is 0 Å². The molecule has 0 radical (unpaired) electrons. The fourth-order valence-electron chi connectivity index (χ4n) is 1.75. The quantitative estimate of drug-likeness (QED) is 0.660.